The summed E-state index contributed by atoms with van der Waals surface area (Å²) in [7, 11) is 0. The average molecular weight is 152 g/mol. The van der Waals surface area contributed by atoms with Gasteiger partial charge in [0.05, 0.1) is 0 Å². The first-order valence-electron chi connectivity index (χ1n) is 3.48. The molecule has 60 valence electrons. The molecule has 0 spiro atoms. The predicted octanol–water partition coefficient (Wildman–Crippen LogP) is 0.294. The molecule has 1 aliphatic rings. The van der Waals surface area contributed by atoms with E-state index >= 15 is 0 Å². The zero-order valence-corrected chi connectivity index (χ0v) is 6.72. The molecule has 1 amide bonds. The highest BCUT2D eigenvalue weighted by Gasteiger charge is 2.27. The molecular weight excluding hydrogens is 140 g/mol. The zero-order chi connectivity index (χ0) is 8.48. The van der Waals surface area contributed by atoms with Crippen LogP contribution in [-0.4, -0.2) is 11.4 Å². The first-order valence-corrected chi connectivity index (χ1v) is 3.48. The molecular formula is C8H12N2O. The van der Waals surface area contributed by atoms with Crippen LogP contribution >= 0.6 is 0 Å². The molecule has 0 aromatic heterocycles. The van der Waals surface area contributed by atoms with Gasteiger partial charge in [-0.25, -0.2) is 0 Å². The molecule has 3 N–H and O–H groups in total. The first-order chi connectivity index (χ1) is 5.04. The van der Waals surface area contributed by atoms with E-state index in [1.807, 2.05) is 13.0 Å². The number of hydrogen-bond donors (Lipinski definition) is 2. The summed E-state index contributed by atoms with van der Waals surface area (Å²) < 4.78 is 0. The lowest BCUT2D eigenvalue weighted by atomic mass is 9.97. The van der Waals surface area contributed by atoms with Crippen molar-refractivity contribution in [2.75, 3.05) is 0 Å². The maximum atomic E-state index is 10.9. The highest BCUT2D eigenvalue weighted by molar-refractivity contribution is 5.87. The van der Waals surface area contributed by atoms with Crippen LogP contribution in [0.15, 0.2) is 23.9 Å². The number of nitrogens with two attached hydrogens (primary N) is 1. The molecule has 1 heterocycles. The number of hydrogen-bond acceptors (Lipinski definition) is 2. The van der Waals surface area contributed by atoms with Crippen molar-refractivity contribution in [3.8, 4) is 0 Å². The van der Waals surface area contributed by atoms with Crippen LogP contribution in [0.4, 0.5) is 0 Å². The summed E-state index contributed by atoms with van der Waals surface area (Å²) in [6, 6.07) is 0. The first kappa shape index (κ1) is 7.85. The molecule has 3 nitrogen and oxygen atoms in total. The fourth-order valence-corrected chi connectivity index (χ4v) is 0.811. The van der Waals surface area contributed by atoms with Crippen LogP contribution in [0.5, 0.6) is 0 Å². The van der Waals surface area contributed by atoms with Crippen molar-refractivity contribution < 1.29 is 4.79 Å². The van der Waals surface area contributed by atoms with Gasteiger partial charge in [-0.2, -0.15) is 0 Å². The Hall–Kier alpha value is -1.25. The normalized spacial score (nSPS) is 29.1. The van der Waals surface area contributed by atoms with Gasteiger partial charge in [0, 0.05) is 6.20 Å². The molecule has 1 rings (SSSR count). The Bertz CT molecular complexity index is 242. The Morgan fingerprint density at radius 2 is 2.36 bits per heavy atom. The summed E-state index contributed by atoms with van der Waals surface area (Å²) in [6.45, 7) is 3.69. The van der Waals surface area contributed by atoms with Crippen molar-refractivity contribution in [1.82, 2.24) is 5.32 Å². The molecule has 0 radical (unpaired) electrons. The van der Waals surface area contributed by atoms with Gasteiger partial charge in [-0.15, -0.1) is 0 Å². The van der Waals surface area contributed by atoms with E-state index in [0.717, 1.165) is 5.57 Å². The Balaban J connectivity index is 2.82. The quantitative estimate of drug-likeness (QED) is 0.567. The molecule has 0 fully saturated rings. The smallest absolute Gasteiger partial charge is 0.246 e. The van der Waals surface area contributed by atoms with E-state index in [9.17, 15) is 4.79 Å². The van der Waals surface area contributed by atoms with E-state index in [1.54, 1.807) is 19.2 Å². The summed E-state index contributed by atoms with van der Waals surface area (Å²) in [4.78, 5) is 10.9. The van der Waals surface area contributed by atoms with Crippen LogP contribution in [0.1, 0.15) is 13.8 Å². The second-order valence-electron chi connectivity index (χ2n) is 2.93. The van der Waals surface area contributed by atoms with Crippen molar-refractivity contribution in [1.29, 1.82) is 0 Å². The lowest BCUT2D eigenvalue weighted by molar-refractivity contribution is -0.121. The molecule has 0 saturated carbocycles. The van der Waals surface area contributed by atoms with Gasteiger partial charge in [0.2, 0.25) is 5.91 Å². The highest BCUT2D eigenvalue weighted by Crippen LogP contribution is 2.12. The summed E-state index contributed by atoms with van der Waals surface area (Å²) in [5.41, 5.74) is 5.54. The molecule has 0 aromatic rings. The van der Waals surface area contributed by atoms with Crippen LogP contribution in [-0.2, 0) is 4.79 Å². The SMILES string of the molecule is CC1=CN[C@@](C)(C(N)=O)C=C1. The number of dihydropyridines is 1. The summed E-state index contributed by atoms with van der Waals surface area (Å²) >= 11 is 0. The standard InChI is InChI=1S/C8H12N2O/c1-6-3-4-8(2,7(9)11)10-5-6/h3-5,10H,1-2H3,(H2,9,11)/t8-/m1/s1. The van der Waals surface area contributed by atoms with Gasteiger partial charge in [-0.05, 0) is 25.5 Å². The Morgan fingerprint density at radius 3 is 2.73 bits per heavy atom. The second-order valence-corrected chi connectivity index (χ2v) is 2.93. The van der Waals surface area contributed by atoms with Crippen molar-refractivity contribution in [2.24, 2.45) is 5.73 Å². The molecule has 11 heavy (non-hydrogen) atoms. The monoisotopic (exact) mass is 152 g/mol. The fraction of sp³-hybridized carbons (Fsp3) is 0.375. The summed E-state index contributed by atoms with van der Waals surface area (Å²) in [6.07, 6.45) is 5.43. The van der Waals surface area contributed by atoms with Gasteiger partial charge in [-0.1, -0.05) is 6.08 Å². The van der Waals surface area contributed by atoms with Gasteiger partial charge in [-0.3, -0.25) is 4.79 Å². The fourth-order valence-electron chi connectivity index (χ4n) is 0.811. The number of rotatable bonds is 1. The van der Waals surface area contributed by atoms with Crippen molar-refractivity contribution >= 4 is 5.91 Å². The molecule has 0 bridgehead atoms. The highest BCUT2D eigenvalue weighted by atomic mass is 16.1. The van der Waals surface area contributed by atoms with Crippen molar-refractivity contribution in [2.45, 2.75) is 19.4 Å². The Morgan fingerprint density at radius 1 is 1.73 bits per heavy atom. The molecule has 1 atom stereocenters. The van der Waals surface area contributed by atoms with Crippen LogP contribution in [0.25, 0.3) is 0 Å². The number of carbonyl (C=O) groups is 1. The lowest BCUT2D eigenvalue weighted by Crippen LogP contribution is -2.50. The molecule has 0 aliphatic carbocycles. The predicted molar refractivity (Wildman–Crippen MR) is 43.6 cm³/mol. The third-order valence-electron chi connectivity index (χ3n) is 1.79. The zero-order valence-electron chi connectivity index (χ0n) is 6.72. The van der Waals surface area contributed by atoms with Crippen molar-refractivity contribution in [3.05, 3.63) is 23.9 Å². The Labute approximate surface area is 66.0 Å². The van der Waals surface area contributed by atoms with E-state index in [2.05, 4.69) is 5.32 Å². The maximum Gasteiger partial charge on any atom is 0.246 e. The minimum absolute atomic E-state index is 0.363. The largest absolute Gasteiger partial charge is 0.374 e. The average Bonchev–Trinajstić information content (AvgIpc) is 1.95. The van der Waals surface area contributed by atoms with E-state index in [0.29, 0.717) is 0 Å². The molecule has 0 unspecified atom stereocenters. The molecule has 1 aliphatic heterocycles. The summed E-state index contributed by atoms with van der Waals surface area (Å²) in [5, 5.41) is 2.92. The van der Waals surface area contributed by atoms with Gasteiger partial charge in [0.15, 0.2) is 0 Å². The van der Waals surface area contributed by atoms with Crippen LogP contribution in [0, 0.1) is 0 Å². The minimum Gasteiger partial charge on any atom is -0.374 e. The number of allylic oxidation sites excluding steroid dienone is 2. The number of amides is 1. The van der Waals surface area contributed by atoms with Crippen LogP contribution in [0.2, 0.25) is 0 Å². The summed E-state index contributed by atoms with van der Waals surface area (Å²) in [5.74, 6) is -0.363. The van der Waals surface area contributed by atoms with Crippen molar-refractivity contribution in [3.63, 3.8) is 0 Å². The van der Waals surface area contributed by atoms with Gasteiger partial charge in [0.25, 0.3) is 0 Å². The van der Waals surface area contributed by atoms with E-state index in [4.69, 9.17) is 5.73 Å². The number of nitrogens with one attached hydrogen (secondary N) is 1. The molecule has 3 heteroatoms. The second kappa shape index (κ2) is 2.42. The topological polar surface area (TPSA) is 55.1 Å². The van der Waals surface area contributed by atoms with Gasteiger partial charge < -0.3 is 11.1 Å². The third-order valence-corrected chi connectivity index (χ3v) is 1.79. The minimum atomic E-state index is -0.709. The third kappa shape index (κ3) is 1.42. The number of primary amides is 1. The Kier molecular flexibility index (Phi) is 1.72. The van der Waals surface area contributed by atoms with Gasteiger partial charge in [0.1, 0.15) is 5.54 Å². The van der Waals surface area contributed by atoms with E-state index < -0.39 is 5.54 Å². The number of carbonyl (C=O) groups excluding carboxylic acids is 1. The van der Waals surface area contributed by atoms with Crippen LogP contribution < -0.4 is 11.1 Å². The maximum absolute atomic E-state index is 10.9. The lowest BCUT2D eigenvalue weighted by Gasteiger charge is -2.25. The molecule has 0 aromatic carbocycles. The van der Waals surface area contributed by atoms with E-state index in [-0.39, 0.29) is 5.91 Å². The van der Waals surface area contributed by atoms with Crippen LogP contribution in [0.3, 0.4) is 0 Å². The molecule has 0 saturated heterocycles. The van der Waals surface area contributed by atoms with Gasteiger partial charge >= 0.3 is 0 Å². The van der Waals surface area contributed by atoms with E-state index in [1.165, 1.54) is 0 Å².